The van der Waals surface area contributed by atoms with Gasteiger partial charge in [-0.3, -0.25) is 9.67 Å². The third-order valence-electron chi connectivity index (χ3n) is 6.33. The van der Waals surface area contributed by atoms with Gasteiger partial charge in [0.25, 0.3) is 0 Å². The molecule has 0 bridgehead atoms. The predicted molar refractivity (Wildman–Crippen MR) is 136 cm³/mol. The van der Waals surface area contributed by atoms with Crippen LogP contribution < -0.4 is 0 Å². The van der Waals surface area contributed by atoms with E-state index in [1.165, 1.54) is 0 Å². The van der Waals surface area contributed by atoms with Gasteiger partial charge in [-0.05, 0) is 37.2 Å². The summed E-state index contributed by atoms with van der Waals surface area (Å²) >= 11 is 0. The van der Waals surface area contributed by atoms with Gasteiger partial charge in [-0.2, -0.15) is 5.10 Å². The van der Waals surface area contributed by atoms with Crippen LogP contribution in [-0.2, 0) is 26.5 Å². The van der Waals surface area contributed by atoms with Crippen molar-refractivity contribution in [2.24, 2.45) is 0 Å². The Morgan fingerprint density at radius 3 is 2.37 bits per heavy atom. The SMILES string of the molecule is CC(C)(c1cccc(-c2[c-]cccc2)n1)c1nn(-c2[c-]cnc3ccccc23)c2ccccc12.[Pt+2]. The Labute approximate surface area is 218 Å². The number of hydrogen-bond donors (Lipinski definition) is 0. The summed E-state index contributed by atoms with van der Waals surface area (Å²) in [6.07, 6.45) is 1.72. The van der Waals surface area contributed by atoms with Crippen molar-refractivity contribution in [3.8, 4) is 16.9 Å². The zero-order valence-corrected chi connectivity index (χ0v) is 21.6. The third kappa shape index (κ3) is 3.98. The van der Waals surface area contributed by atoms with E-state index in [2.05, 4.69) is 67.4 Å². The maximum Gasteiger partial charge on any atom is 2.00 e. The minimum atomic E-state index is -0.432. The summed E-state index contributed by atoms with van der Waals surface area (Å²) in [6, 6.07) is 37.1. The number of benzene rings is 3. The number of para-hydroxylation sites is 2. The molecule has 0 aliphatic carbocycles. The average molecular weight is 634 g/mol. The average Bonchev–Trinajstić information content (AvgIpc) is 3.29. The molecule has 0 N–H and O–H groups in total. The molecule has 0 aliphatic heterocycles. The molecule has 0 atom stereocenters. The Morgan fingerprint density at radius 1 is 0.771 bits per heavy atom. The molecule has 4 nitrogen and oxygen atoms in total. The van der Waals surface area contributed by atoms with E-state index < -0.39 is 5.41 Å². The Morgan fingerprint density at radius 2 is 1.54 bits per heavy atom. The summed E-state index contributed by atoms with van der Waals surface area (Å²) in [4.78, 5) is 9.51. The van der Waals surface area contributed by atoms with Gasteiger partial charge < -0.3 is 4.98 Å². The maximum atomic E-state index is 5.17. The summed E-state index contributed by atoms with van der Waals surface area (Å²) in [5.74, 6) is 0. The fraction of sp³-hybridized carbons (Fsp3) is 0.100. The van der Waals surface area contributed by atoms with Crippen molar-refractivity contribution >= 4 is 21.8 Å². The van der Waals surface area contributed by atoms with Crippen molar-refractivity contribution < 1.29 is 21.1 Å². The summed E-state index contributed by atoms with van der Waals surface area (Å²) in [5, 5.41) is 7.28. The number of hydrogen-bond acceptors (Lipinski definition) is 3. The first-order chi connectivity index (χ1) is 16.6. The van der Waals surface area contributed by atoms with Crippen LogP contribution in [0, 0.1) is 12.1 Å². The van der Waals surface area contributed by atoms with Gasteiger partial charge >= 0.3 is 21.1 Å². The van der Waals surface area contributed by atoms with Gasteiger partial charge in [-0.15, -0.1) is 47.3 Å². The third-order valence-corrected chi connectivity index (χ3v) is 6.33. The minimum absolute atomic E-state index is 0. The van der Waals surface area contributed by atoms with E-state index in [0.717, 1.165) is 50.1 Å². The second-order valence-corrected chi connectivity index (χ2v) is 8.86. The zero-order chi connectivity index (χ0) is 23.1. The molecule has 3 heterocycles. The second-order valence-electron chi connectivity index (χ2n) is 8.86. The van der Waals surface area contributed by atoms with Crippen molar-refractivity contribution in [2.75, 3.05) is 0 Å². The van der Waals surface area contributed by atoms with Crippen LogP contribution in [0.3, 0.4) is 0 Å². The van der Waals surface area contributed by atoms with E-state index in [1.54, 1.807) is 6.20 Å². The van der Waals surface area contributed by atoms with Crippen LogP contribution in [0.15, 0.2) is 97.2 Å². The topological polar surface area (TPSA) is 43.6 Å². The maximum absolute atomic E-state index is 5.17. The normalized spacial score (nSPS) is 11.5. The van der Waals surface area contributed by atoms with Gasteiger partial charge in [0.2, 0.25) is 0 Å². The second kappa shape index (κ2) is 9.20. The fourth-order valence-corrected chi connectivity index (χ4v) is 4.51. The number of fused-ring (bicyclic) bond motifs is 2. The molecule has 6 aromatic rings. The standard InChI is InChI=1S/C30H22N4.Pt/c1-30(2,28-18-10-16-24(32-28)21-11-4-3-5-12-21)29-23-14-7-9-17-26(23)34(33-29)27-19-20-31-25-15-8-6-13-22(25)27;/h3-11,13-18,20H,1-2H3;/q-2;+2. The van der Waals surface area contributed by atoms with E-state index in [0.29, 0.717) is 0 Å². The molecule has 172 valence electrons. The monoisotopic (exact) mass is 633 g/mol. The molecule has 6 rings (SSSR count). The molecule has 0 radical (unpaired) electrons. The van der Waals surface area contributed by atoms with E-state index >= 15 is 0 Å². The molecule has 0 spiro atoms. The molecule has 0 saturated heterocycles. The van der Waals surface area contributed by atoms with Gasteiger partial charge in [-0.25, -0.2) is 6.07 Å². The van der Waals surface area contributed by atoms with Crippen LogP contribution in [0.1, 0.15) is 25.2 Å². The Kier molecular flexibility index (Phi) is 6.08. The minimum Gasteiger partial charge on any atom is -0.300 e. The van der Waals surface area contributed by atoms with E-state index in [1.807, 2.05) is 59.3 Å². The van der Waals surface area contributed by atoms with Crippen molar-refractivity contribution in [1.29, 1.82) is 0 Å². The molecule has 0 amide bonds. The van der Waals surface area contributed by atoms with Crippen molar-refractivity contribution in [3.05, 3.63) is 121 Å². The number of pyridine rings is 2. The van der Waals surface area contributed by atoms with Crippen LogP contribution in [0.2, 0.25) is 0 Å². The molecule has 3 aromatic heterocycles. The van der Waals surface area contributed by atoms with E-state index in [9.17, 15) is 0 Å². The van der Waals surface area contributed by atoms with Crippen molar-refractivity contribution in [3.63, 3.8) is 0 Å². The van der Waals surface area contributed by atoms with Crippen LogP contribution in [0.25, 0.3) is 38.8 Å². The van der Waals surface area contributed by atoms with Gasteiger partial charge in [0.15, 0.2) is 0 Å². The molecule has 5 heteroatoms. The van der Waals surface area contributed by atoms with Crippen LogP contribution in [0.5, 0.6) is 0 Å². The smallest absolute Gasteiger partial charge is 0.300 e. The Hall–Kier alpha value is -3.62. The number of aromatic nitrogens is 4. The number of nitrogens with zero attached hydrogens (tertiary/aromatic N) is 4. The quantitative estimate of drug-likeness (QED) is 0.207. The summed E-state index contributed by atoms with van der Waals surface area (Å²) in [7, 11) is 0. The summed E-state index contributed by atoms with van der Waals surface area (Å²) in [5.41, 5.74) is 6.23. The van der Waals surface area contributed by atoms with Gasteiger partial charge in [0.1, 0.15) is 0 Å². The summed E-state index contributed by atoms with van der Waals surface area (Å²) < 4.78 is 1.99. The molecule has 0 fully saturated rings. The van der Waals surface area contributed by atoms with Crippen LogP contribution in [-0.4, -0.2) is 19.7 Å². The summed E-state index contributed by atoms with van der Waals surface area (Å²) in [6.45, 7) is 4.36. The van der Waals surface area contributed by atoms with Crippen molar-refractivity contribution in [1.82, 2.24) is 19.7 Å². The molecule has 0 aliphatic rings. The molecule has 3 aromatic carbocycles. The van der Waals surface area contributed by atoms with Gasteiger partial charge in [0.05, 0.1) is 16.6 Å². The molecular formula is C30H22N4Pt. The van der Waals surface area contributed by atoms with E-state index in [4.69, 9.17) is 10.1 Å². The predicted octanol–water partition coefficient (Wildman–Crippen LogP) is 6.56. The molecule has 35 heavy (non-hydrogen) atoms. The molecular weight excluding hydrogens is 611 g/mol. The zero-order valence-electron chi connectivity index (χ0n) is 19.3. The van der Waals surface area contributed by atoms with Crippen LogP contribution in [0.4, 0.5) is 0 Å². The fourth-order valence-electron chi connectivity index (χ4n) is 4.51. The first-order valence-electron chi connectivity index (χ1n) is 11.3. The molecule has 0 unspecified atom stereocenters. The van der Waals surface area contributed by atoms with E-state index in [-0.39, 0.29) is 21.1 Å². The van der Waals surface area contributed by atoms with Crippen molar-refractivity contribution in [2.45, 2.75) is 19.3 Å². The first-order valence-corrected chi connectivity index (χ1v) is 11.3. The Bertz CT molecular complexity index is 1630. The van der Waals surface area contributed by atoms with Gasteiger partial charge in [-0.1, -0.05) is 60.4 Å². The largest absolute Gasteiger partial charge is 2.00 e. The number of rotatable bonds is 4. The Balaban J connectivity index is 0.00000253. The first kappa shape index (κ1) is 23.1. The molecule has 0 saturated carbocycles. The van der Waals surface area contributed by atoms with Crippen LogP contribution >= 0.6 is 0 Å². The van der Waals surface area contributed by atoms with Gasteiger partial charge in [0, 0.05) is 11.1 Å².